The molecule has 1 aromatic heterocycles. The Kier molecular flexibility index (Phi) is 6.23. The second-order valence-corrected chi connectivity index (χ2v) is 7.09. The zero-order valence-electron chi connectivity index (χ0n) is 15.8. The molecular weight excluding hydrogens is 438 g/mol. The molecule has 3 aromatic rings. The molecule has 0 aliphatic carbocycles. The van der Waals surface area contributed by atoms with Gasteiger partial charge in [-0.25, -0.2) is 4.79 Å². The second kappa shape index (κ2) is 8.83. The minimum absolute atomic E-state index is 0.0122. The summed E-state index contributed by atoms with van der Waals surface area (Å²) in [5.74, 6) is -1.22. The summed E-state index contributed by atoms with van der Waals surface area (Å²) < 4.78 is 6.87. The van der Waals surface area contributed by atoms with Crippen LogP contribution in [0.2, 0.25) is 0 Å². The number of anilines is 1. The Bertz CT molecular complexity index is 1120. The van der Waals surface area contributed by atoms with Crippen LogP contribution in [0, 0.1) is 6.92 Å². The molecule has 0 saturated carbocycles. The fourth-order valence-electron chi connectivity index (χ4n) is 2.60. The van der Waals surface area contributed by atoms with E-state index in [1.165, 1.54) is 0 Å². The molecule has 1 heterocycles. The van der Waals surface area contributed by atoms with Crippen LogP contribution in [0.4, 0.5) is 5.69 Å². The van der Waals surface area contributed by atoms with Crippen molar-refractivity contribution in [2.24, 2.45) is 0 Å². The van der Waals surface area contributed by atoms with Crippen molar-refractivity contribution in [3.63, 3.8) is 0 Å². The number of aryl methyl sites for hydroxylation is 1. The molecule has 148 valence electrons. The van der Waals surface area contributed by atoms with Crippen LogP contribution in [0.5, 0.6) is 0 Å². The Hall–Kier alpha value is -3.26. The van der Waals surface area contributed by atoms with Gasteiger partial charge < -0.3 is 10.1 Å². The van der Waals surface area contributed by atoms with Gasteiger partial charge in [0.2, 0.25) is 0 Å². The van der Waals surface area contributed by atoms with Crippen LogP contribution in [0.15, 0.2) is 63.9 Å². The molecule has 2 aromatic carbocycles. The predicted molar refractivity (Wildman–Crippen MR) is 113 cm³/mol. The first kappa shape index (κ1) is 20.5. The molecule has 1 amide bonds. The molecule has 1 N–H and O–H groups in total. The number of ether oxygens (including phenoxy) is 1. The van der Waals surface area contributed by atoms with E-state index in [2.05, 4.69) is 26.3 Å². The van der Waals surface area contributed by atoms with Crippen LogP contribution < -0.4 is 10.9 Å². The summed E-state index contributed by atoms with van der Waals surface area (Å²) >= 11 is 3.31. The van der Waals surface area contributed by atoms with Crippen molar-refractivity contribution in [2.45, 2.75) is 13.8 Å². The molecule has 0 fully saturated rings. The van der Waals surface area contributed by atoms with Crippen LogP contribution in [0.1, 0.15) is 33.3 Å². The minimum atomic E-state index is -0.738. The number of amides is 1. The average Bonchev–Trinajstić information content (AvgIpc) is 2.69. The van der Waals surface area contributed by atoms with E-state index in [4.69, 9.17) is 4.74 Å². The zero-order chi connectivity index (χ0) is 21.0. The fourth-order valence-corrected chi connectivity index (χ4v) is 3.00. The molecular formula is C21H18BrN3O4. The van der Waals surface area contributed by atoms with Crippen molar-refractivity contribution in [1.82, 2.24) is 9.78 Å². The van der Waals surface area contributed by atoms with E-state index >= 15 is 0 Å². The van der Waals surface area contributed by atoms with Crippen molar-refractivity contribution < 1.29 is 14.3 Å². The number of esters is 1. The number of halogens is 1. The summed E-state index contributed by atoms with van der Waals surface area (Å²) in [4.78, 5) is 37.6. The number of carbonyl (C=O) groups excluding carboxylic acids is 2. The third-order valence-electron chi connectivity index (χ3n) is 4.01. The lowest BCUT2D eigenvalue weighted by molar-refractivity contribution is 0.0518. The number of nitrogens with zero attached hydrogens (tertiary/aromatic N) is 2. The van der Waals surface area contributed by atoms with Gasteiger partial charge in [0.05, 0.1) is 18.0 Å². The van der Waals surface area contributed by atoms with Crippen molar-refractivity contribution in [2.75, 3.05) is 11.9 Å². The maximum atomic E-state index is 12.6. The normalized spacial score (nSPS) is 10.4. The van der Waals surface area contributed by atoms with Gasteiger partial charge >= 0.3 is 5.97 Å². The van der Waals surface area contributed by atoms with Gasteiger partial charge in [-0.3, -0.25) is 9.59 Å². The van der Waals surface area contributed by atoms with E-state index in [9.17, 15) is 14.4 Å². The number of benzene rings is 2. The van der Waals surface area contributed by atoms with E-state index in [0.717, 1.165) is 20.8 Å². The first-order valence-electron chi connectivity index (χ1n) is 8.84. The highest BCUT2D eigenvalue weighted by molar-refractivity contribution is 9.10. The Morgan fingerprint density at radius 3 is 2.52 bits per heavy atom. The standard InChI is InChI=1S/C21H18BrN3O4/c1-3-29-21(28)19-17(23-20(27)14-5-4-6-15(22)11-14)12-18(26)25(24-19)16-9-7-13(2)8-10-16/h4-12H,3H2,1-2H3,(H,23,27). The molecule has 0 bridgehead atoms. The maximum Gasteiger partial charge on any atom is 0.360 e. The Morgan fingerprint density at radius 2 is 1.86 bits per heavy atom. The van der Waals surface area contributed by atoms with Crippen molar-refractivity contribution >= 4 is 33.5 Å². The van der Waals surface area contributed by atoms with Crippen molar-refractivity contribution in [3.8, 4) is 5.69 Å². The average molecular weight is 456 g/mol. The lowest BCUT2D eigenvalue weighted by Gasteiger charge is -2.12. The molecule has 0 spiro atoms. The highest BCUT2D eigenvalue weighted by atomic mass is 79.9. The summed E-state index contributed by atoms with van der Waals surface area (Å²) in [6, 6.07) is 15.0. The highest BCUT2D eigenvalue weighted by Gasteiger charge is 2.20. The minimum Gasteiger partial charge on any atom is -0.461 e. The van der Waals surface area contributed by atoms with E-state index in [1.807, 2.05) is 19.1 Å². The lowest BCUT2D eigenvalue weighted by Crippen LogP contribution is -2.27. The van der Waals surface area contributed by atoms with E-state index in [1.54, 1.807) is 43.3 Å². The van der Waals surface area contributed by atoms with Gasteiger partial charge in [-0.15, -0.1) is 0 Å². The van der Waals surface area contributed by atoms with Crippen LogP contribution >= 0.6 is 15.9 Å². The van der Waals surface area contributed by atoms with Gasteiger partial charge in [0.25, 0.3) is 11.5 Å². The molecule has 29 heavy (non-hydrogen) atoms. The van der Waals surface area contributed by atoms with Gasteiger partial charge in [-0.05, 0) is 44.2 Å². The molecule has 8 heteroatoms. The van der Waals surface area contributed by atoms with Crippen LogP contribution in [-0.2, 0) is 4.74 Å². The molecule has 0 unspecified atom stereocenters. The predicted octanol–water partition coefficient (Wildman–Crippen LogP) is 3.73. The number of hydrogen-bond donors (Lipinski definition) is 1. The third-order valence-corrected chi connectivity index (χ3v) is 4.51. The topological polar surface area (TPSA) is 90.3 Å². The van der Waals surface area contributed by atoms with E-state index < -0.39 is 17.4 Å². The molecule has 0 saturated heterocycles. The lowest BCUT2D eigenvalue weighted by atomic mass is 10.2. The molecule has 0 atom stereocenters. The smallest absolute Gasteiger partial charge is 0.360 e. The SMILES string of the molecule is CCOC(=O)c1nn(-c2ccc(C)cc2)c(=O)cc1NC(=O)c1cccc(Br)c1. The maximum absolute atomic E-state index is 12.6. The van der Waals surface area contributed by atoms with E-state index in [0.29, 0.717) is 11.3 Å². The number of rotatable bonds is 5. The quantitative estimate of drug-likeness (QED) is 0.591. The summed E-state index contributed by atoms with van der Waals surface area (Å²) in [6.45, 7) is 3.71. The number of aromatic nitrogens is 2. The monoisotopic (exact) mass is 455 g/mol. The first-order valence-corrected chi connectivity index (χ1v) is 9.64. The highest BCUT2D eigenvalue weighted by Crippen LogP contribution is 2.17. The Labute approximate surface area is 175 Å². The summed E-state index contributed by atoms with van der Waals surface area (Å²) in [5, 5.41) is 6.75. The molecule has 0 aliphatic heterocycles. The van der Waals surface area contributed by atoms with E-state index in [-0.39, 0.29) is 18.0 Å². The second-order valence-electron chi connectivity index (χ2n) is 6.18. The fraction of sp³-hybridized carbons (Fsp3) is 0.143. The number of nitrogens with one attached hydrogen (secondary N) is 1. The van der Waals surface area contributed by atoms with Gasteiger partial charge in [0.1, 0.15) is 0 Å². The first-order chi connectivity index (χ1) is 13.9. The Balaban J connectivity index is 2.04. The van der Waals surface area contributed by atoms with Gasteiger partial charge in [0, 0.05) is 16.1 Å². The van der Waals surface area contributed by atoms with Gasteiger partial charge in [0.15, 0.2) is 5.69 Å². The van der Waals surface area contributed by atoms with Gasteiger partial charge in [-0.1, -0.05) is 39.7 Å². The third kappa shape index (κ3) is 4.78. The van der Waals surface area contributed by atoms with Crippen molar-refractivity contribution in [3.05, 3.63) is 86.2 Å². The molecule has 0 radical (unpaired) electrons. The van der Waals surface area contributed by atoms with Gasteiger partial charge in [-0.2, -0.15) is 9.78 Å². The van der Waals surface area contributed by atoms with Crippen molar-refractivity contribution in [1.29, 1.82) is 0 Å². The molecule has 0 aliphatic rings. The van der Waals surface area contributed by atoms with Crippen LogP contribution in [-0.4, -0.2) is 28.3 Å². The summed E-state index contributed by atoms with van der Waals surface area (Å²) in [7, 11) is 0. The molecule has 3 rings (SSSR count). The number of carbonyl (C=O) groups is 2. The summed E-state index contributed by atoms with van der Waals surface area (Å²) in [5.41, 5.74) is 1.21. The van der Waals surface area contributed by atoms with Crippen LogP contribution in [0.25, 0.3) is 5.69 Å². The Morgan fingerprint density at radius 1 is 1.14 bits per heavy atom. The summed E-state index contributed by atoms with van der Waals surface area (Å²) in [6.07, 6.45) is 0. The largest absolute Gasteiger partial charge is 0.461 e. The zero-order valence-corrected chi connectivity index (χ0v) is 17.4. The van der Waals surface area contributed by atoms with Crippen LogP contribution in [0.3, 0.4) is 0 Å². The number of hydrogen-bond acceptors (Lipinski definition) is 5. The molecule has 7 nitrogen and oxygen atoms in total.